The van der Waals surface area contributed by atoms with Gasteiger partial charge in [0.25, 0.3) is 10.1 Å². The molecule has 82 valence electrons. The molecule has 1 rings (SSSR count). The number of benzene rings is 1. The minimum absolute atomic E-state index is 0.376. The molecule has 0 saturated heterocycles. The van der Waals surface area contributed by atoms with Crippen molar-refractivity contribution in [2.45, 2.75) is 5.25 Å². The highest BCUT2D eigenvalue weighted by molar-refractivity contribution is 7.88. The fourth-order valence-corrected chi connectivity index (χ4v) is 2.33. The van der Waals surface area contributed by atoms with Crippen molar-refractivity contribution in [3.63, 3.8) is 0 Å². The first-order valence-electron chi connectivity index (χ1n) is 4.12. The summed E-state index contributed by atoms with van der Waals surface area (Å²) in [7, 11) is -4.17. The van der Waals surface area contributed by atoms with Gasteiger partial charge in [0.15, 0.2) is 5.78 Å². The summed E-state index contributed by atoms with van der Waals surface area (Å²) in [5, 5.41) is -1.04. The number of thiol groups is 1. The van der Waals surface area contributed by atoms with Crippen molar-refractivity contribution in [2.24, 2.45) is 0 Å². The van der Waals surface area contributed by atoms with Crippen LogP contribution in [0.3, 0.4) is 0 Å². The number of hydrogen-bond acceptors (Lipinski definition) is 4. The zero-order valence-corrected chi connectivity index (χ0v) is 9.41. The number of carbonyl (C=O) groups excluding carboxylic acids is 1. The summed E-state index contributed by atoms with van der Waals surface area (Å²) in [6.45, 7) is 0. The van der Waals surface area contributed by atoms with Crippen molar-refractivity contribution >= 4 is 28.5 Å². The Kier molecular flexibility index (Phi) is 3.90. The van der Waals surface area contributed by atoms with Crippen molar-refractivity contribution in [1.82, 2.24) is 0 Å². The second kappa shape index (κ2) is 4.78. The average Bonchev–Trinajstić information content (AvgIpc) is 2.15. The van der Waals surface area contributed by atoms with Gasteiger partial charge in [-0.05, 0) is 0 Å². The van der Waals surface area contributed by atoms with E-state index in [1.165, 1.54) is 0 Å². The van der Waals surface area contributed by atoms with Crippen molar-refractivity contribution in [2.75, 3.05) is 5.75 Å². The predicted octanol–water partition coefficient (Wildman–Crippen LogP) is 1.06. The molecule has 0 radical (unpaired) electrons. The molecule has 1 N–H and O–H groups in total. The molecule has 0 saturated carbocycles. The molecule has 1 aromatic carbocycles. The van der Waals surface area contributed by atoms with E-state index in [4.69, 9.17) is 4.55 Å². The molecule has 0 aliphatic rings. The van der Waals surface area contributed by atoms with Gasteiger partial charge >= 0.3 is 0 Å². The first-order chi connectivity index (χ1) is 6.90. The van der Waals surface area contributed by atoms with Crippen LogP contribution >= 0.6 is 12.6 Å². The topological polar surface area (TPSA) is 71.4 Å². The highest BCUT2D eigenvalue weighted by Gasteiger charge is 2.21. The van der Waals surface area contributed by atoms with Crippen molar-refractivity contribution in [3.8, 4) is 0 Å². The molecule has 1 unspecified atom stereocenters. The Bertz CT molecular complexity index is 438. The Morgan fingerprint density at radius 2 is 1.87 bits per heavy atom. The van der Waals surface area contributed by atoms with Gasteiger partial charge < -0.3 is 0 Å². The molecule has 0 bridgehead atoms. The van der Waals surface area contributed by atoms with Crippen LogP contribution in [0.2, 0.25) is 0 Å². The third-order valence-corrected chi connectivity index (χ3v) is 3.15. The fourth-order valence-electron chi connectivity index (χ4n) is 1.07. The molecule has 1 atom stereocenters. The molecule has 4 nitrogen and oxygen atoms in total. The van der Waals surface area contributed by atoms with Crippen LogP contribution in [0.4, 0.5) is 0 Å². The number of carbonyl (C=O) groups is 1. The lowest BCUT2D eigenvalue weighted by molar-refractivity contribution is 0.0994. The summed E-state index contributed by atoms with van der Waals surface area (Å²) in [5.41, 5.74) is 0.376. The summed E-state index contributed by atoms with van der Waals surface area (Å²) >= 11 is 3.84. The van der Waals surface area contributed by atoms with Crippen LogP contribution in [0.5, 0.6) is 0 Å². The number of ketones is 1. The Morgan fingerprint density at radius 3 is 2.33 bits per heavy atom. The lowest BCUT2D eigenvalue weighted by Crippen LogP contribution is -2.24. The van der Waals surface area contributed by atoms with E-state index in [0.717, 1.165) is 0 Å². The SMILES string of the molecule is O=C(c1ccccc1)C(S)CS(=O)(=O)O. The molecular weight excluding hydrogens is 236 g/mol. The minimum atomic E-state index is -4.17. The van der Waals surface area contributed by atoms with Crippen LogP contribution in [0.1, 0.15) is 10.4 Å². The van der Waals surface area contributed by atoms with E-state index in [1.807, 2.05) is 0 Å². The van der Waals surface area contributed by atoms with E-state index in [0.29, 0.717) is 5.56 Å². The van der Waals surface area contributed by atoms with Gasteiger partial charge in [0.1, 0.15) is 0 Å². The first kappa shape index (κ1) is 12.2. The average molecular weight is 246 g/mol. The summed E-state index contributed by atoms with van der Waals surface area (Å²) < 4.78 is 29.6. The van der Waals surface area contributed by atoms with Gasteiger partial charge in [-0.25, -0.2) is 0 Å². The van der Waals surface area contributed by atoms with E-state index in [9.17, 15) is 13.2 Å². The maximum atomic E-state index is 11.6. The first-order valence-corrected chi connectivity index (χ1v) is 6.25. The zero-order valence-electron chi connectivity index (χ0n) is 7.70. The molecule has 0 spiro atoms. The lowest BCUT2D eigenvalue weighted by Gasteiger charge is -2.07. The van der Waals surface area contributed by atoms with E-state index in [2.05, 4.69) is 12.6 Å². The number of rotatable bonds is 4. The molecule has 0 aromatic heterocycles. The summed E-state index contributed by atoms with van der Waals surface area (Å²) in [5.74, 6) is -1.10. The van der Waals surface area contributed by atoms with Gasteiger partial charge in [-0.15, -0.1) is 0 Å². The van der Waals surface area contributed by atoms with Gasteiger partial charge in [-0.2, -0.15) is 21.0 Å². The van der Waals surface area contributed by atoms with Crippen LogP contribution < -0.4 is 0 Å². The van der Waals surface area contributed by atoms with E-state index in [-0.39, 0.29) is 0 Å². The Morgan fingerprint density at radius 1 is 1.33 bits per heavy atom. The van der Waals surface area contributed by atoms with E-state index >= 15 is 0 Å². The normalized spacial score (nSPS) is 13.5. The molecule has 0 aliphatic heterocycles. The van der Waals surface area contributed by atoms with Crippen LogP contribution in [-0.4, -0.2) is 29.8 Å². The molecule has 0 aliphatic carbocycles. The summed E-state index contributed by atoms with van der Waals surface area (Å²) in [6.07, 6.45) is 0. The highest BCUT2D eigenvalue weighted by atomic mass is 32.2. The second-order valence-corrected chi connectivity index (χ2v) is 5.12. The maximum Gasteiger partial charge on any atom is 0.266 e. The van der Waals surface area contributed by atoms with Crippen molar-refractivity contribution in [3.05, 3.63) is 35.9 Å². The smallest absolute Gasteiger partial charge is 0.266 e. The fraction of sp³-hybridized carbons (Fsp3) is 0.222. The predicted molar refractivity (Wildman–Crippen MR) is 60.0 cm³/mol. The molecule has 1 aromatic rings. The highest BCUT2D eigenvalue weighted by Crippen LogP contribution is 2.09. The maximum absolute atomic E-state index is 11.6. The van der Waals surface area contributed by atoms with Crippen LogP contribution in [-0.2, 0) is 10.1 Å². The monoisotopic (exact) mass is 246 g/mol. The molecule has 6 heteroatoms. The molecule has 15 heavy (non-hydrogen) atoms. The van der Waals surface area contributed by atoms with Crippen molar-refractivity contribution < 1.29 is 17.8 Å². The minimum Gasteiger partial charge on any atom is -0.293 e. The Labute approximate surface area is 93.5 Å². The number of hydrogen-bond donors (Lipinski definition) is 2. The van der Waals surface area contributed by atoms with Gasteiger partial charge in [-0.1, -0.05) is 30.3 Å². The Hall–Kier alpha value is -0.850. The zero-order chi connectivity index (χ0) is 11.5. The summed E-state index contributed by atoms with van der Waals surface area (Å²) in [6, 6.07) is 8.21. The lowest BCUT2D eigenvalue weighted by atomic mass is 10.1. The van der Waals surface area contributed by atoms with Crippen LogP contribution in [0.15, 0.2) is 30.3 Å². The second-order valence-electron chi connectivity index (χ2n) is 2.99. The van der Waals surface area contributed by atoms with Crippen LogP contribution in [0, 0.1) is 0 Å². The third-order valence-electron chi connectivity index (χ3n) is 1.73. The quantitative estimate of drug-likeness (QED) is 0.473. The van der Waals surface area contributed by atoms with Crippen molar-refractivity contribution in [1.29, 1.82) is 0 Å². The van der Waals surface area contributed by atoms with Gasteiger partial charge in [0.05, 0.1) is 11.0 Å². The van der Waals surface area contributed by atoms with Gasteiger partial charge in [0, 0.05) is 5.56 Å². The van der Waals surface area contributed by atoms with E-state index < -0.39 is 26.9 Å². The molecule has 0 heterocycles. The number of Topliss-reactive ketones (excluding diaryl/α,β-unsaturated/α-hetero) is 1. The molecule has 0 amide bonds. The standard InChI is InChI=1S/C9H10O4S2/c10-9(7-4-2-1-3-5-7)8(14)6-15(11,12)13/h1-5,8,14H,6H2,(H,11,12,13). The third kappa shape index (κ3) is 4.03. The molecule has 0 fully saturated rings. The largest absolute Gasteiger partial charge is 0.293 e. The van der Waals surface area contributed by atoms with E-state index in [1.54, 1.807) is 30.3 Å². The Balaban J connectivity index is 2.79. The molecular formula is C9H10O4S2. The summed E-state index contributed by atoms with van der Waals surface area (Å²) in [4.78, 5) is 11.6. The van der Waals surface area contributed by atoms with Gasteiger partial charge in [-0.3, -0.25) is 9.35 Å². The van der Waals surface area contributed by atoms with Gasteiger partial charge in [0.2, 0.25) is 0 Å². The van der Waals surface area contributed by atoms with Crippen LogP contribution in [0.25, 0.3) is 0 Å².